The van der Waals surface area contributed by atoms with Crippen molar-refractivity contribution in [2.45, 2.75) is 39.3 Å². The fourth-order valence-corrected chi connectivity index (χ4v) is 2.53. The number of hydrogen-bond acceptors (Lipinski definition) is 4. The Bertz CT molecular complexity index is 405. The van der Waals surface area contributed by atoms with Crippen molar-refractivity contribution in [1.29, 1.82) is 0 Å². The number of amides is 1. The minimum absolute atomic E-state index is 0.0279. The zero-order valence-electron chi connectivity index (χ0n) is 11.7. The maximum Gasteiger partial charge on any atom is 0.244 e. The molecule has 0 spiro atoms. The highest BCUT2D eigenvalue weighted by Gasteiger charge is 2.31. The third-order valence-electron chi connectivity index (χ3n) is 3.67. The SMILES string of the molecule is CC(C)[C@H]1OCC[C@@H]1CNC(=O)C(C)n1cncn1. The number of carbonyl (C=O) groups excluding carboxylic acids is 1. The van der Waals surface area contributed by atoms with Gasteiger partial charge >= 0.3 is 0 Å². The first kappa shape index (κ1) is 14.0. The highest BCUT2D eigenvalue weighted by atomic mass is 16.5. The molecule has 0 radical (unpaired) electrons. The van der Waals surface area contributed by atoms with Gasteiger partial charge in [0.25, 0.3) is 0 Å². The van der Waals surface area contributed by atoms with E-state index in [1.54, 1.807) is 11.0 Å². The first-order valence-corrected chi connectivity index (χ1v) is 6.83. The molecule has 2 rings (SSSR count). The molecule has 6 nitrogen and oxygen atoms in total. The molecule has 1 unspecified atom stereocenters. The summed E-state index contributed by atoms with van der Waals surface area (Å²) >= 11 is 0. The lowest BCUT2D eigenvalue weighted by molar-refractivity contribution is -0.124. The molecule has 1 aromatic heterocycles. The van der Waals surface area contributed by atoms with Crippen LogP contribution in [0.15, 0.2) is 12.7 Å². The van der Waals surface area contributed by atoms with Crippen molar-refractivity contribution in [3.05, 3.63) is 12.7 Å². The Hall–Kier alpha value is -1.43. The lowest BCUT2D eigenvalue weighted by Gasteiger charge is -2.23. The zero-order chi connectivity index (χ0) is 13.8. The van der Waals surface area contributed by atoms with Crippen molar-refractivity contribution in [3.63, 3.8) is 0 Å². The van der Waals surface area contributed by atoms with E-state index in [4.69, 9.17) is 4.74 Å². The molecule has 1 amide bonds. The second-order valence-corrected chi connectivity index (χ2v) is 5.42. The number of ether oxygens (including phenoxy) is 1. The first-order valence-electron chi connectivity index (χ1n) is 6.83. The van der Waals surface area contributed by atoms with E-state index in [1.165, 1.54) is 6.33 Å². The summed E-state index contributed by atoms with van der Waals surface area (Å²) in [6.07, 6.45) is 4.26. The van der Waals surface area contributed by atoms with Crippen molar-refractivity contribution in [2.24, 2.45) is 11.8 Å². The molecule has 1 saturated heterocycles. The van der Waals surface area contributed by atoms with Gasteiger partial charge in [-0.15, -0.1) is 0 Å². The molecular weight excluding hydrogens is 244 g/mol. The second-order valence-electron chi connectivity index (χ2n) is 5.42. The summed E-state index contributed by atoms with van der Waals surface area (Å²) in [5.41, 5.74) is 0. The summed E-state index contributed by atoms with van der Waals surface area (Å²) in [7, 11) is 0. The standard InChI is InChI=1S/C13H22N4O2/c1-9(2)12-11(4-5-19-12)6-15-13(18)10(3)17-8-14-7-16-17/h7-12H,4-6H2,1-3H3,(H,15,18)/t10?,11-,12-/m1/s1. The van der Waals surface area contributed by atoms with E-state index in [-0.39, 0.29) is 18.1 Å². The third-order valence-corrected chi connectivity index (χ3v) is 3.67. The molecule has 1 aliphatic heterocycles. The van der Waals surface area contributed by atoms with E-state index in [1.807, 2.05) is 6.92 Å². The van der Waals surface area contributed by atoms with Gasteiger partial charge in [0.05, 0.1) is 6.10 Å². The predicted molar refractivity (Wildman–Crippen MR) is 70.4 cm³/mol. The van der Waals surface area contributed by atoms with Crippen molar-refractivity contribution < 1.29 is 9.53 Å². The maximum atomic E-state index is 12.0. The van der Waals surface area contributed by atoms with Crippen molar-refractivity contribution in [3.8, 4) is 0 Å². The molecule has 0 aromatic carbocycles. The molecule has 6 heteroatoms. The van der Waals surface area contributed by atoms with E-state index >= 15 is 0 Å². The summed E-state index contributed by atoms with van der Waals surface area (Å²) in [4.78, 5) is 15.9. The lowest BCUT2D eigenvalue weighted by atomic mass is 9.93. The van der Waals surface area contributed by atoms with Crippen LogP contribution in [0.4, 0.5) is 0 Å². The van der Waals surface area contributed by atoms with E-state index in [9.17, 15) is 4.79 Å². The molecule has 0 saturated carbocycles. The number of rotatable bonds is 5. The lowest BCUT2D eigenvalue weighted by Crippen LogP contribution is -2.38. The van der Waals surface area contributed by atoms with Crippen LogP contribution in [-0.2, 0) is 9.53 Å². The summed E-state index contributed by atoms with van der Waals surface area (Å²) < 4.78 is 7.27. The van der Waals surface area contributed by atoms with Crippen LogP contribution in [-0.4, -0.2) is 39.9 Å². The Morgan fingerprint density at radius 3 is 2.95 bits per heavy atom. The van der Waals surface area contributed by atoms with Gasteiger partial charge in [0.15, 0.2) is 0 Å². The zero-order valence-corrected chi connectivity index (χ0v) is 11.7. The van der Waals surface area contributed by atoms with Gasteiger partial charge in [-0.05, 0) is 19.3 Å². The van der Waals surface area contributed by atoms with Gasteiger partial charge in [-0.2, -0.15) is 5.10 Å². The van der Waals surface area contributed by atoms with E-state index < -0.39 is 0 Å². The highest BCUT2D eigenvalue weighted by Crippen LogP contribution is 2.26. The van der Waals surface area contributed by atoms with E-state index in [2.05, 4.69) is 29.2 Å². The topological polar surface area (TPSA) is 69.0 Å². The van der Waals surface area contributed by atoms with Crippen LogP contribution in [0, 0.1) is 11.8 Å². The number of hydrogen-bond donors (Lipinski definition) is 1. The molecule has 0 aliphatic carbocycles. The Labute approximate surface area is 113 Å². The highest BCUT2D eigenvalue weighted by molar-refractivity contribution is 5.79. The van der Waals surface area contributed by atoms with Crippen LogP contribution in [0.2, 0.25) is 0 Å². The number of aromatic nitrogens is 3. The third kappa shape index (κ3) is 3.32. The molecular formula is C13H22N4O2. The average Bonchev–Trinajstić information content (AvgIpc) is 3.05. The Morgan fingerprint density at radius 1 is 1.53 bits per heavy atom. The Kier molecular flexibility index (Phi) is 4.52. The van der Waals surface area contributed by atoms with Crippen molar-refractivity contribution >= 4 is 5.91 Å². The minimum Gasteiger partial charge on any atom is -0.378 e. The van der Waals surface area contributed by atoms with Gasteiger partial charge in [0.1, 0.15) is 18.7 Å². The minimum atomic E-state index is -0.331. The van der Waals surface area contributed by atoms with Crippen molar-refractivity contribution in [1.82, 2.24) is 20.1 Å². The number of nitrogens with one attached hydrogen (secondary N) is 1. The molecule has 3 atom stereocenters. The normalized spacial score (nSPS) is 24.6. The van der Waals surface area contributed by atoms with Crippen molar-refractivity contribution in [2.75, 3.05) is 13.2 Å². The Balaban J connectivity index is 1.83. The van der Waals surface area contributed by atoms with Gasteiger partial charge in [0.2, 0.25) is 5.91 Å². The summed E-state index contributed by atoms with van der Waals surface area (Å²) in [6, 6.07) is -0.331. The first-order chi connectivity index (χ1) is 9.09. The number of carbonyl (C=O) groups is 1. The Morgan fingerprint density at radius 2 is 2.32 bits per heavy atom. The van der Waals surface area contributed by atoms with Gasteiger partial charge in [-0.25, -0.2) is 9.67 Å². The molecule has 1 aliphatic rings. The predicted octanol–water partition coefficient (Wildman–Crippen LogP) is 1.02. The van der Waals surface area contributed by atoms with Gasteiger partial charge in [0, 0.05) is 19.1 Å². The van der Waals surface area contributed by atoms with Crippen LogP contribution in [0.25, 0.3) is 0 Å². The molecule has 1 N–H and O–H groups in total. The fourth-order valence-electron chi connectivity index (χ4n) is 2.53. The summed E-state index contributed by atoms with van der Waals surface area (Å²) in [5, 5.41) is 6.97. The molecule has 19 heavy (non-hydrogen) atoms. The molecule has 1 aromatic rings. The molecule has 0 bridgehead atoms. The quantitative estimate of drug-likeness (QED) is 0.863. The molecule has 1 fully saturated rings. The van der Waals surface area contributed by atoms with E-state index in [0.29, 0.717) is 18.4 Å². The van der Waals surface area contributed by atoms with Crippen LogP contribution >= 0.6 is 0 Å². The van der Waals surface area contributed by atoms with Crippen LogP contribution in [0.5, 0.6) is 0 Å². The van der Waals surface area contributed by atoms with Gasteiger partial charge in [-0.3, -0.25) is 4.79 Å². The fraction of sp³-hybridized carbons (Fsp3) is 0.769. The smallest absolute Gasteiger partial charge is 0.244 e. The van der Waals surface area contributed by atoms with Gasteiger partial charge < -0.3 is 10.1 Å². The monoisotopic (exact) mass is 266 g/mol. The molecule has 2 heterocycles. The van der Waals surface area contributed by atoms with Crippen LogP contribution < -0.4 is 5.32 Å². The summed E-state index contributed by atoms with van der Waals surface area (Å²) in [5.74, 6) is 0.865. The van der Waals surface area contributed by atoms with E-state index in [0.717, 1.165) is 13.0 Å². The average molecular weight is 266 g/mol. The maximum absolute atomic E-state index is 12.0. The second kappa shape index (κ2) is 6.14. The van der Waals surface area contributed by atoms with Crippen LogP contribution in [0.1, 0.15) is 33.2 Å². The largest absolute Gasteiger partial charge is 0.378 e. The molecule has 106 valence electrons. The van der Waals surface area contributed by atoms with Gasteiger partial charge in [-0.1, -0.05) is 13.8 Å². The summed E-state index contributed by atoms with van der Waals surface area (Å²) in [6.45, 7) is 7.59. The van der Waals surface area contributed by atoms with Crippen LogP contribution in [0.3, 0.4) is 0 Å². The number of nitrogens with zero attached hydrogens (tertiary/aromatic N) is 3.